The van der Waals surface area contributed by atoms with Gasteiger partial charge in [0.1, 0.15) is 6.61 Å². The molecule has 1 aliphatic rings. The van der Waals surface area contributed by atoms with Gasteiger partial charge in [0, 0.05) is 10.8 Å². The van der Waals surface area contributed by atoms with Crippen LogP contribution in [0.2, 0.25) is 5.02 Å². The maximum Gasteiger partial charge on any atom is 0.270 e. The number of nitrogens with one attached hydrogen (secondary N) is 1. The molecule has 0 saturated heterocycles. The minimum atomic E-state index is -0.733. The van der Waals surface area contributed by atoms with E-state index in [1.165, 1.54) is 23.1 Å². The summed E-state index contributed by atoms with van der Waals surface area (Å²) in [5.74, 6) is 1.55. The number of ether oxygens (including phenoxy) is 2. The lowest BCUT2D eigenvalue weighted by atomic mass is 10.2. The van der Waals surface area contributed by atoms with Gasteiger partial charge in [-0.2, -0.15) is 0 Å². The normalized spacial score (nSPS) is 15.4. The number of anilines is 1. The van der Waals surface area contributed by atoms with Gasteiger partial charge in [0.25, 0.3) is 5.91 Å². The highest BCUT2D eigenvalue weighted by Crippen LogP contribution is 2.32. The van der Waals surface area contributed by atoms with Crippen molar-refractivity contribution in [3.8, 4) is 11.5 Å². The van der Waals surface area contributed by atoms with E-state index in [0.29, 0.717) is 22.4 Å². The van der Waals surface area contributed by atoms with E-state index in [1.807, 2.05) is 36.4 Å². The van der Waals surface area contributed by atoms with Crippen molar-refractivity contribution in [3.05, 3.63) is 59.1 Å². The van der Waals surface area contributed by atoms with Crippen LogP contribution < -0.4 is 14.8 Å². The topological polar surface area (TPSA) is 73.3 Å². The molecular formula is C18H14ClN3O3S2. The third kappa shape index (κ3) is 4.35. The average molecular weight is 420 g/mol. The highest BCUT2D eigenvalue weighted by Gasteiger charge is 2.28. The molecule has 1 aliphatic heterocycles. The molecule has 6 nitrogen and oxygen atoms in total. The van der Waals surface area contributed by atoms with E-state index in [1.54, 1.807) is 12.1 Å². The Morgan fingerprint density at radius 2 is 1.96 bits per heavy atom. The molecule has 0 fully saturated rings. The zero-order valence-corrected chi connectivity index (χ0v) is 16.3. The van der Waals surface area contributed by atoms with E-state index in [0.717, 1.165) is 14.9 Å². The van der Waals surface area contributed by atoms with Gasteiger partial charge >= 0.3 is 0 Å². The van der Waals surface area contributed by atoms with E-state index >= 15 is 0 Å². The SMILES string of the molecule is O=C(Nc1nnc(SCc2ccccc2Cl)s1)[C@H]1COc2ccccc2O1. The molecule has 4 rings (SSSR count). The third-order valence-electron chi connectivity index (χ3n) is 3.75. The van der Waals surface area contributed by atoms with Crippen LogP contribution in [0.4, 0.5) is 5.13 Å². The molecule has 1 N–H and O–H groups in total. The van der Waals surface area contributed by atoms with Crippen LogP contribution in [0.5, 0.6) is 11.5 Å². The van der Waals surface area contributed by atoms with Gasteiger partial charge in [-0.1, -0.05) is 65.0 Å². The Morgan fingerprint density at radius 1 is 1.19 bits per heavy atom. The van der Waals surface area contributed by atoms with Crippen molar-refractivity contribution in [2.24, 2.45) is 0 Å². The van der Waals surface area contributed by atoms with Crippen molar-refractivity contribution >= 4 is 45.7 Å². The standard InChI is InChI=1S/C18H14ClN3O3S2/c19-12-6-2-1-5-11(12)10-26-18-22-21-17(27-18)20-16(23)15-9-24-13-7-3-4-8-14(13)25-15/h1-8,15H,9-10H2,(H,20,21,23)/t15-/m1/s1. The summed E-state index contributed by atoms with van der Waals surface area (Å²) in [6.45, 7) is 0.149. The fourth-order valence-corrected chi connectivity index (χ4v) is 4.45. The lowest BCUT2D eigenvalue weighted by Gasteiger charge is -2.25. The van der Waals surface area contributed by atoms with Crippen molar-refractivity contribution < 1.29 is 14.3 Å². The van der Waals surface area contributed by atoms with Crippen molar-refractivity contribution in [1.82, 2.24) is 10.2 Å². The summed E-state index contributed by atoms with van der Waals surface area (Å²) in [4.78, 5) is 12.4. The van der Waals surface area contributed by atoms with Crippen LogP contribution in [0.15, 0.2) is 52.9 Å². The molecule has 0 aliphatic carbocycles. The number of amides is 1. The molecule has 0 bridgehead atoms. The molecule has 138 valence electrons. The van der Waals surface area contributed by atoms with Crippen LogP contribution in [0.25, 0.3) is 0 Å². The van der Waals surface area contributed by atoms with Crippen LogP contribution in [0, 0.1) is 0 Å². The molecular weight excluding hydrogens is 406 g/mol. The second kappa shape index (κ2) is 8.16. The van der Waals surface area contributed by atoms with Gasteiger partial charge in [-0.25, -0.2) is 0 Å². The molecule has 2 aromatic carbocycles. The second-order valence-corrected chi connectivity index (χ2v) is 8.21. The number of halogens is 1. The molecule has 1 atom stereocenters. The summed E-state index contributed by atoms with van der Waals surface area (Å²) >= 11 is 8.98. The quantitative estimate of drug-likeness (QED) is 0.492. The number of para-hydroxylation sites is 2. The maximum atomic E-state index is 12.4. The zero-order valence-electron chi connectivity index (χ0n) is 13.9. The van der Waals surface area contributed by atoms with Gasteiger partial charge < -0.3 is 9.47 Å². The monoisotopic (exact) mass is 419 g/mol. The molecule has 0 saturated carbocycles. The number of benzene rings is 2. The van der Waals surface area contributed by atoms with Gasteiger partial charge in [-0.15, -0.1) is 10.2 Å². The number of aromatic nitrogens is 2. The Hall–Kier alpha value is -2.29. The van der Waals surface area contributed by atoms with Gasteiger partial charge in [0.15, 0.2) is 15.8 Å². The number of rotatable bonds is 5. The van der Waals surface area contributed by atoms with Crippen molar-refractivity contribution in [3.63, 3.8) is 0 Å². The van der Waals surface area contributed by atoms with Crippen molar-refractivity contribution in [2.45, 2.75) is 16.2 Å². The minimum Gasteiger partial charge on any atom is -0.485 e. The number of carbonyl (C=O) groups excluding carboxylic acids is 1. The first kappa shape index (κ1) is 18.1. The predicted octanol–water partition coefficient (Wildman–Crippen LogP) is 4.26. The Kier molecular flexibility index (Phi) is 5.47. The predicted molar refractivity (Wildman–Crippen MR) is 106 cm³/mol. The van der Waals surface area contributed by atoms with Gasteiger partial charge in [-0.05, 0) is 23.8 Å². The minimum absolute atomic E-state index is 0.149. The number of hydrogen-bond acceptors (Lipinski definition) is 7. The molecule has 1 aromatic heterocycles. The lowest BCUT2D eigenvalue weighted by Crippen LogP contribution is -2.40. The highest BCUT2D eigenvalue weighted by molar-refractivity contribution is 8.00. The molecule has 27 heavy (non-hydrogen) atoms. The number of fused-ring (bicyclic) bond motifs is 1. The first-order valence-electron chi connectivity index (χ1n) is 8.08. The Labute approximate surface area is 168 Å². The van der Waals surface area contributed by atoms with E-state index < -0.39 is 6.10 Å². The second-order valence-electron chi connectivity index (χ2n) is 5.61. The summed E-state index contributed by atoms with van der Waals surface area (Å²) < 4.78 is 12.0. The summed E-state index contributed by atoms with van der Waals surface area (Å²) in [6, 6.07) is 14.9. The molecule has 2 heterocycles. The molecule has 1 amide bonds. The average Bonchev–Trinajstić information content (AvgIpc) is 3.14. The van der Waals surface area contributed by atoms with Crippen molar-refractivity contribution in [1.29, 1.82) is 0 Å². The summed E-state index contributed by atoms with van der Waals surface area (Å²) in [5.41, 5.74) is 1.02. The number of carbonyl (C=O) groups is 1. The maximum absolute atomic E-state index is 12.4. The number of hydrogen-bond donors (Lipinski definition) is 1. The number of nitrogens with zero attached hydrogens (tertiary/aromatic N) is 2. The van der Waals surface area contributed by atoms with Crippen LogP contribution >= 0.6 is 34.7 Å². The van der Waals surface area contributed by atoms with Crippen molar-refractivity contribution in [2.75, 3.05) is 11.9 Å². The van der Waals surface area contributed by atoms with E-state index in [4.69, 9.17) is 21.1 Å². The zero-order chi connectivity index (χ0) is 18.6. The first-order chi connectivity index (χ1) is 13.2. The number of thioether (sulfide) groups is 1. The summed E-state index contributed by atoms with van der Waals surface area (Å²) in [5, 5.41) is 12.0. The third-order valence-corrected chi connectivity index (χ3v) is 6.14. The smallest absolute Gasteiger partial charge is 0.270 e. The van der Waals surface area contributed by atoms with Crippen LogP contribution in [-0.4, -0.2) is 28.8 Å². The summed E-state index contributed by atoms with van der Waals surface area (Å²) in [6.07, 6.45) is -0.733. The van der Waals surface area contributed by atoms with Crippen LogP contribution in [0.1, 0.15) is 5.56 Å². The fraction of sp³-hybridized carbons (Fsp3) is 0.167. The molecule has 0 unspecified atom stereocenters. The Morgan fingerprint density at radius 3 is 2.81 bits per heavy atom. The van der Waals surface area contributed by atoms with E-state index in [9.17, 15) is 4.79 Å². The Bertz CT molecular complexity index is 966. The molecule has 0 radical (unpaired) electrons. The largest absolute Gasteiger partial charge is 0.485 e. The highest BCUT2D eigenvalue weighted by atomic mass is 35.5. The molecule has 3 aromatic rings. The lowest BCUT2D eigenvalue weighted by molar-refractivity contribution is -0.125. The Balaban J connectivity index is 1.34. The van der Waals surface area contributed by atoms with E-state index in [2.05, 4.69) is 15.5 Å². The van der Waals surface area contributed by atoms with Gasteiger partial charge in [0.05, 0.1) is 0 Å². The van der Waals surface area contributed by atoms with Crippen LogP contribution in [0.3, 0.4) is 0 Å². The summed E-state index contributed by atoms with van der Waals surface area (Å²) in [7, 11) is 0. The van der Waals surface area contributed by atoms with Crippen LogP contribution in [-0.2, 0) is 10.5 Å². The fourth-order valence-electron chi connectivity index (χ4n) is 2.41. The molecule has 9 heteroatoms. The van der Waals surface area contributed by atoms with Gasteiger partial charge in [0.2, 0.25) is 11.2 Å². The first-order valence-corrected chi connectivity index (χ1v) is 10.3. The molecule has 0 spiro atoms. The van der Waals surface area contributed by atoms with Gasteiger partial charge in [-0.3, -0.25) is 10.1 Å². The van der Waals surface area contributed by atoms with E-state index in [-0.39, 0.29) is 12.5 Å².